The second-order valence-electron chi connectivity index (χ2n) is 5.91. The zero-order valence-corrected chi connectivity index (χ0v) is 12.3. The average molecular weight is 268 g/mol. The van der Waals surface area contributed by atoms with Crippen molar-refractivity contribution in [3.8, 4) is 0 Å². The summed E-state index contributed by atoms with van der Waals surface area (Å²) < 4.78 is 10.7. The van der Waals surface area contributed by atoms with Crippen molar-refractivity contribution in [1.82, 2.24) is 0 Å². The van der Waals surface area contributed by atoms with Crippen molar-refractivity contribution < 1.29 is 19.1 Å². The maximum absolute atomic E-state index is 11.9. The third-order valence-electron chi connectivity index (χ3n) is 2.71. The number of ether oxygens (including phenoxy) is 2. The van der Waals surface area contributed by atoms with Crippen LogP contribution < -0.4 is 0 Å². The topological polar surface area (TPSA) is 52.6 Å². The van der Waals surface area contributed by atoms with E-state index >= 15 is 0 Å². The van der Waals surface area contributed by atoms with Gasteiger partial charge in [-0.15, -0.1) is 0 Å². The summed E-state index contributed by atoms with van der Waals surface area (Å²) in [6.07, 6.45) is 2.20. The lowest BCUT2D eigenvalue weighted by molar-refractivity contribution is -0.151. The van der Waals surface area contributed by atoms with Gasteiger partial charge in [0.1, 0.15) is 5.76 Å². The lowest BCUT2D eigenvalue weighted by atomic mass is 9.92. The van der Waals surface area contributed by atoms with E-state index < -0.39 is 5.92 Å². The molecule has 0 fully saturated rings. The third-order valence-corrected chi connectivity index (χ3v) is 2.71. The van der Waals surface area contributed by atoms with E-state index in [-0.39, 0.29) is 18.2 Å². The molecule has 0 heterocycles. The van der Waals surface area contributed by atoms with Crippen LogP contribution in [0.2, 0.25) is 0 Å². The molecule has 0 N–H and O–H groups in total. The predicted molar refractivity (Wildman–Crippen MR) is 72.4 cm³/mol. The lowest BCUT2D eigenvalue weighted by Crippen LogP contribution is -2.26. The number of carbonyl (C=O) groups is 2. The Bertz CT molecular complexity index is 355. The van der Waals surface area contributed by atoms with Crippen LogP contribution in [0.5, 0.6) is 0 Å². The molecule has 108 valence electrons. The van der Waals surface area contributed by atoms with Gasteiger partial charge in [0.2, 0.25) is 0 Å². The molecule has 0 aromatic heterocycles. The highest BCUT2D eigenvalue weighted by molar-refractivity contribution is 5.94. The molecule has 0 saturated heterocycles. The van der Waals surface area contributed by atoms with E-state index in [1.54, 1.807) is 0 Å². The Balaban J connectivity index is 2.52. The van der Waals surface area contributed by atoms with Crippen molar-refractivity contribution in [1.29, 1.82) is 0 Å². The first-order valence-electron chi connectivity index (χ1n) is 6.91. The molecule has 0 aromatic rings. The highest BCUT2D eigenvalue weighted by atomic mass is 16.5. The van der Waals surface area contributed by atoms with Crippen LogP contribution in [-0.2, 0) is 19.1 Å². The van der Waals surface area contributed by atoms with Gasteiger partial charge in [0.25, 0.3) is 0 Å². The van der Waals surface area contributed by atoms with Gasteiger partial charge in [-0.25, -0.2) is 0 Å². The van der Waals surface area contributed by atoms with Crippen LogP contribution in [0, 0.1) is 17.8 Å². The first-order valence-corrected chi connectivity index (χ1v) is 6.91. The molecule has 1 rings (SSSR count). The van der Waals surface area contributed by atoms with E-state index in [1.165, 1.54) is 6.08 Å². The molecule has 19 heavy (non-hydrogen) atoms. The molecule has 0 amide bonds. The molecule has 0 radical (unpaired) electrons. The second-order valence-corrected chi connectivity index (χ2v) is 5.91. The van der Waals surface area contributed by atoms with Crippen LogP contribution >= 0.6 is 0 Å². The highest BCUT2D eigenvalue weighted by Crippen LogP contribution is 2.24. The van der Waals surface area contributed by atoms with Crippen molar-refractivity contribution in [2.45, 2.75) is 40.5 Å². The first-order chi connectivity index (χ1) is 8.88. The number of allylic oxidation sites excluding steroid dienone is 2. The van der Waals surface area contributed by atoms with Gasteiger partial charge in [0.15, 0.2) is 5.78 Å². The van der Waals surface area contributed by atoms with Crippen molar-refractivity contribution in [3.63, 3.8) is 0 Å². The Morgan fingerprint density at radius 2 is 1.84 bits per heavy atom. The van der Waals surface area contributed by atoms with Crippen LogP contribution in [0.15, 0.2) is 11.8 Å². The Hall–Kier alpha value is -1.32. The summed E-state index contributed by atoms with van der Waals surface area (Å²) in [5.41, 5.74) is 0. The lowest BCUT2D eigenvalue weighted by Gasteiger charge is -2.22. The zero-order chi connectivity index (χ0) is 14.4. The molecular weight excluding hydrogens is 244 g/mol. The number of esters is 1. The van der Waals surface area contributed by atoms with E-state index in [0.29, 0.717) is 37.2 Å². The van der Waals surface area contributed by atoms with E-state index in [9.17, 15) is 9.59 Å². The number of hydrogen-bond acceptors (Lipinski definition) is 4. The normalized spacial score (nSPS) is 19.6. The smallest absolute Gasteiger partial charge is 0.309 e. The van der Waals surface area contributed by atoms with Crippen molar-refractivity contribution in [2.75, 3.05) is 13.2 Å². The van der Waals surface area contributed by atoms with Crippen molar-refractivity contribution in [3.05, 3.63) is 11.8 Å². The largest absolute Gasteiger partial charge is 0.498 e. The Morgan fingerprint density at radius 3 is 2.42 bits per heavy atom. The van der Waals surface area contributed by atoms with Gasteiger partial charge in [-0.05, 0) is 11.8 Å². The van der Waals surface area contributed by atoms with E-state index in [1.807, 2.05) is 27.7 Å². The standard InChI is InChI=1S/C15H24O4/c1-10(2)8-18-14-6-12(5-13(16)7-14)15(17)19-9-11(3)4/h7,10-12H,5-6,8-9H2,1-4H3. The first kappa shape index (κ1) is 15.7. The summed E-state index contributed by atoms with van der Waals surface area (Å²) in [5.74, 6) is 0.562. The van der Waals surface area contributed by atoms with E-state index in [2.05, 4.69) is 0 Å². The van der Waals surface area contributed by atoms with Crippen LogP contribution in [0.3, 0.4) is 0 Å². The molecule has 1 unspecified atom stereocenters. The molecule has 0 saturated carbocycles. The SMILES string of the molecule is CC(C)COC(=O)C1CC(=O)C=C(OCC(C)C)C1. The average Bonchev–Trinajstić information content (AvgIpc) is 2.32. The summed E-state index contributed by atoms with van der Waals surface area (Å²) in [7, 11) is 0. The maximum Gasteiger partial charge on any atom is 0.309 e. The van der Waals surface area contributed by atoms with Gasteiger partial charge in [0.05, 0.1) is 19.1 Å². The van der Waals surface area contributed by atoms with Gasteiger partial charge in [0, 0.05) is 18.9 Å². The minimum atomic E-state index is -0.390. The van der Waals surface area contributed by atoms with Crippen LogP contribution in [0.25, 0.3) is 0 Å². The summed E-state index contributed by atoms with van der Waals surface area (Å²) in [6.45, 7) is 9.01. The fourth-order valence-electron chi connectivity index (χ4n) is 1.76. The van der Waals surface area contributed by atoms with Crippen LogP contribution in [-0.4, -0.2) is 25.0 Å². The van der Waals surface area contributed by atoms with Crippen LogP contribution in [0.4, 0.5) is 0 Å². The fraction of sp³-hybridized carbons (Fsp3) is 0.733. The highest BCUT2D eigenvalue weighted by Gasteiger charge is 2.29. The van der Waals surface area contributed by atoms with Gasteiger partial charge in [-0.3, -0.25) is 9.59 Å². The number of ketones is 1. The van der Waals surface area contributed by atoms with E-state index in [0.717, 1.165) is 0 Å². The van der Waals surface area contributed by atoms with Gasteiger partial charge >= 0.3 is 5.97 Å². The Labute approximate surface area is 115 Å². The molecule has 1 aliphatic rings. The summed E-state index contributed by atoms with van der Waals surface area (Å²) in [6, 6.07) is 0. The van der Waals surface area contributed by atoms with Crippen molar-refractivity contribution >= 4 is 11.8 Å². The molecule has 0 aromatic carbocycles. The molecule has 4 nitrogen and oxygen atoms in total. The molecular formula is C15H24O4. The number of rotatable bonds is 6. The van der Waals surface area contributed by atoms with Gasteiger partial charge in [-0.1, -0.05) is 27.7 Å². The summed E-state index contributed by atoms with van der Waals surface area (Å²) in [5, 5.41) is 0. The molecule has 1 aliphatic carbocycles. The number of hydrogen-bond donors (Lipinski definition) is 0. The third kappa shape index (κ3) is 5.90. The second kappa shape index (κ2) is 7.31. The Kier molecular flexibility index (Phi) is 6.06. The monoisotopic (exact) mass is 268 g/mol. The molecule has 0 spiro atoms. The van der Waals surface area contributed by atoms with Gasteiger partial charge < -0.3 is 9.47 Å². The van der Waals surface area contributed by atoms with Crippen LogP contribution in [0.1, 0.15) is 40.5 Å². The quantitative estimate of drug-likeness (QED) is 0.695. The van der Waals surface area contributed by atoms with Gasteiger partial charge in [-0.2, -0.15) is 0 Å². The van der Waals surface area contributed by atoms with E-state index in [4.69, 9.17) is 9.47 Å². The molecule has 0 bridgehead atoms. The van der Waals surface area contributed by atoms with Crippen molar-refractivity contribution in [2.24, 2.45) is 17.8 Å². The maximum atomic E-state index is 11.9. The Morgan fingerprint density at radius 1 is 1.21 bits per heavy atom. The fourth-order valence-corrected chi connectivity index (χ4v) is 1.76. The predicted octanol–water partition coefficient (Wildman–Crippen LogP) is 2.72. The zero-order valence-electron chi connectivity index (χ0n) is 12.3. The summed E-state index contributed by atoms with van der Waals surface area (Å²) in [4.78, 5) is 23.5. The molecule has 4 heteroatoms. The molecule has 1 atom stereocenters. The number of carbonyl (C=O) groups excluding carboxylic acids is 2. The minimum Gasteiger partial charge on any atom is -0.498 e. The minimum absolute atomic E-state index is 0.0588. The molecule has 0 aliphatic heterocycles. The summed E-state index contributed by atoms with van der Waals surface area (Å²) >= 11 is 0.